The van der Waals surface area contributed by atoms with Crippen molar-refractivity contribution in [2.24, 2.45) is 5.92 Å². The van der Waals surface area contributed by atoms with Crippen LogP contribution in [-0.4, -0.2) is 39.2 Å². The molecule has 2 aromatic rings. The minimum Gasteiger partial charge on any atom is -0.316 e. The topological polar surface area (TPSA) is 63.1 Å². The van der Waals surface area contributed by atoms with E-state index in [9.17, 15) is 4.79 Å². The summed E-state index contributed by atoms with van der Waals surface area (Å²) in [4.78, 5) is 16.3. The predicted molar refractivity (Wildman–Crippen MR) is 94.2 cm³/mol. The molecule has 2 aliphatic heterocycles. The first-order valence-electron chi connectivity index (χ1n) is 8.51. The van der Waals surface area contributed by atoms with Gasteiger partial charge >= 0.3 is 0 Å². The Kier molecular flexibility index (Phi) is 4.24. The molecule has 0 amide bonds. The number of aryl methyl sites for hydroxylation is 1. The maximum Gasteiger partial charge on any atom is 0.255 e. The molecule has 24 heavy (non-hydrogen) atoms. The molecule has 2 atom stereocenters. The number of hydrogen-bond donors (Lipinski definition) is 1. The van der Waals surface area contributed by atoms with Gasteiger partial charge in [-0.2, -0.15) is 0 Å². The molecule has 1 saturated heterocycles. The van der Waals surface area contributed by atoms with E-state index in [1.54, 1.807) is 0 Å². The van der Waals surface area contributed by atoms with Gasteiger partial charge in [-0.05, 0) is 50.5 Å². The summed E-state index contributed by atoms with van der Waals surface area (Å²) >= 11 is 1.43. The first-order valence-corrected chi connectivity index (χ1v) is 9.29. The molecular formula is C17H23N5OS. The fourth-order valence-electron chi connectivity index (χ4n) is 3.94. The Bertz CT molecular complexity index is 799. The second-order valence-electron chi connectivity index (χ2n) is 7.11. The number of aromatic nitrogens is 3. The highest BCUT2D eigenvalue weighted by molar-refractivity contribution is 7.05. The lowest BCUT2D eigenvalue weighted by atomic mass is 9.84. The molecule has 4 rings (SSSR count). The van der Waals surface area contributed by atoms with Crippen LogP contribution < -0.4 is 10.9 Å². The number of nitrogens with one attached hydrogen (secondary N) is 1. The van der Waals surface area contributed by atoms with Gasteiger partial charge in [0.2, 0.25) is 0 Å². The summed E-state index contributed by atoms with van der Waals surface area (Å²) in [6.45, 7) is 6.29. The van der Waals surface area contributed by atoms with Crippen LogP contribution in [0.1, 0.15) is 34.2 Å². The van der Waals surface area contributed by atoms with Crippen molar-refractivity contribution in [1.29, 1.82) is 0 Å². The van der Waals surface area contributed by atoms with E-state index in [0.717, 1.165) is 42.3 Å². The van der Waals surface area contributed by atoms with Crippen molar-refractivity contribution in [3.63, 3.8) is 0 Å². The zero-order valence-corrected chi connectivity index (χ0v) is 15.0. The van der Waals surface area contributed by atoms with Gasteiger partial charge in [-0.1, -0.05) is 10.6 Å². The molecule has 2 aliphatic rings. The van der Waals surface area contributed by atoms with E-state index >= 15 is 0 Å². The van der Waals surface area contributed by atoms with Crippen LogP contribution in [0.15, 0.2) is 16.9 Å². The standard InChI is InChI=1S/C17H23N5OS/c1-11-16(24-20-19-11)10-21(2)9-13-3-4-15-14-5-12(6-18-7-14)8-22(15)17(13)23/h3-4,12,14,18H,5-10H2,1-2H3/t12-,14+/m0/s1. The SMILES string of the molecule is Cc1nnsc1CN(C)Cc1ccc2n(c1=O)C[C@@H]1CNC[C@H]2C1. The van der Waals surface area contributed by atoms with Gasteiger partial charge in [0.1, 0.15) is 0 Å². The van der Waals surface area contributed by atoms with E-state index in [-0.39, 0.29) is 5.56 Å². The van der Waals surface area contributed by atoms with E-state index in [2.05, 4.69) is 25.9 Å². The van der Waals surface area contributed by atoms with Crippen molar-refractivity contribution in [1.82, 2.24) is 24.4 Å². The van der Waals surface area contributed by atoms with Gasteiger partial charge < -0.3 is 9.88 Å². The molecule has 1 N–H and O–H groups in total. The molecule has 2 aromatic heterocycles. The molecule has 4 heterocycles. The van der Waals surface area contributed by atoms with Crippen LogP contribution in [0.2, 0.25) is 0 Å². The normalized spacial score (nSPS) is 22.6. The molecule has 0 saturated carbocycles. The van der Waals surface area contributed by atoms with Gasteiger partial charge in [0, 0.05) is 43.4 Å². The largest absolute Gasteiger partial charge is 0.316 e. The molecule has 6 nitrogen and oxygen atoms in total. The third-order valence-corrected chi connectivity index (χ3v) is 5.99. The van der Waals surface area contributed by atoms with Gasteiger partial charge in [-0.3, -0.25) is 9.69 Å². The lowest BCUT2D eigenvalue weighted by molar-refractivity contribution is 0.254. The molecule has 0 aliphatic carbocycles. The Morgan fingerprint density at radius 1 is 1.38 bits per heavy atom. The first-order chi connectivity index (χ1) is 11.6. The van der Waals surface area contributed by atoms with Crippen molar-refractivity contribution in [3.05, 3.63) is 44.3 Å². The lowest BCUT2D eigenvalue weighted by Crippen LogP contribution is -2.45. The highest BCUT2D eigenvalue weighted by Gasteiger charge is 2.31. The van der Waals surface area contributed by atoms with Crippen LogP contribution in [0.25, 0.3) is 0 Å². The van der Waals surface area contributed by atoms with Gasteiger partial charge in [0.05, 0.1) is 10.6 Å². The van der Waals surface area contributed by atoms with Crippen LogP contribution in [0.4, 0.5) is 0 Å². The Morgan fingerprint density at radius 3 is 3.04 bits per heavy atom. The summed E-state index contributed by atoms with van der Waals surface area (Å²) in [5.74, 6) is 1.08. The average molecular weight is 345 g/mol. The molecule has 7 heteroatoms. The van der Waals surface area contributed by atoms with Crippen molar-refractivity contribution in [2.75, 3.05) is 20.1 Å². The molecule has 0 unspecified atom stereocenters. The second kappa shape index (κ2) is 6.38. The van der Waals surface area contributed by atoms with E-state index in [0.29, 0.717) is 18.4 Å². The molecule has 128 valence electrons. The minimum absolute atomic E-state index is 0.190. The van der Waals surface area contributed by atoms with E-state index in [1.807, 2.05) is 24.6 Å². The molecule has 0 radical (unpaired) electrons. The average Bonchev–Trinajstić information content (AvgIpc) is 2.96. The highest BCUT2D eigenvalue weighted by Crippen LogP contribution is 2.31. The van der Waals surface area contributed by atoms with E-state index in [1.165, 1.54) is 23.6 Å². The Morgan fingerprint density at radius 2 is 2.25 bits per heavy atom. The summed E-state index contributed by atoms with van der Waals surface area (Å²) in [5, 5.41) is 7.54. The van der Waals surface area contributed by atoms with Crippen molar-refractivity contribution in [3.8, 4) is 0 Å². The summed E-state index contributed by atoms with van der Waals surface area (Å²) in [7, 11) is 2.04. The smallest absolute Gasteiger partial charge is 0.255 e. The third kappa shape index (κ3) is 2.92. The van der Waals surface area contributed by atoms with Crippen LogP contribution in [-0.2, 0) is 19.6 Å². The molecular weight excluding hydrogens is 322 g/mol. The monoisotopic (exact) mass is 345 g/mol. The number of hydrogen-bond acceptors (Lipinski definition) is 6. The molecule has 1 fully saturated rings. The first kappa shape index (κ1) is 15.9. The Hall–Kier alpha value is -1.57. The number of nitrogens with zero attached hydrogens (tertiary/aromatic N) is 4. The van der Waals surface area contributed by atoms with Gasteiger partial charge in [-0.15, -0.1) is 5.10 Å². The van der Waals surface area contributed by atoms with Crippen molar-refractivity contribution >= 4 is 11.5 Å². The van der Waals surface area contributed by atoms with Gasteiger partial charge in [-0.25, -0.2) is 0 Å². The number of piperidine rings is 1. The van der Waals surface area contributed by atoms with Crippen LogP contribution in [0, 0.1) is 12.8 Å². The summed E-state index contributed by atoms with van der Waals surface area (Å²) in [5.41, 5.74) is 3.26. The van der Waals surface area contributed by atoms with Gasteiger partial charge in [0.15, 0.2) is 0 Å². The zero-order valence-electron chi connectivity index (χ0n) is 14.2. The van der Waals surface area contributed by atoms with Crippen LogP contribution >= 0.6 is 11.5 Å². The van der Waals surface area contributed by atoms with Gasteiger partial charge in [0.25, 0.3) is 5.56 Å². The highest BCUT2D eigenvalue weighted by atomic mass is 32.1. The second-order valence-corrected chi connectivity index (χ2v) is 7.95. The van der Waals surface area contributed by atoms with Crippen LogP contribution in [0.3, 0.4) is 0 Å². The Labute approximate surface area is 145 Å². The number of pyridine rings is 1. The Balaban J connectivity index is 1.55. The molecule has 2 bridgehead atoms. The predicted octanol–water partition coefficient (Wildman–Crippen LogP) is 1.35. The maximum atomic E-state index is 12.9. The lowest BCUT2D eigenvalue weighted by Gasteiger charge is -2.37. The minimum atomic E-state index is 0.190. The van der Waals surface area contributed by atoms with Crippen LogP contribution in [0.5, 0.6) is 0 Å². The van der Waals surface area contributed by atoms with Crippen molar-refractivity contribution < 1.29 is 0 Å². The van der Waals surface area contributed by atoms with E-state index < -0.39 is 0 Å². The molecule has 0 aromatic carbocycles. The maximum absolute atomic E-state index is 12.9. The number of rotatable bonds is 4. The molecule has 0 spiro atoms. The number of fused-ring (bicyclic) bond motifs is 4. The third-order valence-electron chi connectivity index (χ3n) is 5.19. The summed E-state index contributed by atoms with van der Waals surface area (Å²) in [6, 6.07) is 4.19. The fourth-order valence-corrected chi connectivity index (χ4v) is 4.66. The van der Waals surface area contributed by atoms with E-state index in [4.69, 9.17) is 0 Å². The zero-order chi connectivity index (χ0) is 16.7. The quantitative estimate of drug-likeness (QED) is 0.906. The summed E-state index contributed by atoms with van der Waals surface area (Å²) in [6.07, 6.45) is 1.21. The van der Waals surface area contributed by atoms with Crippen molar-refractivity contribution in [2.45, 2.75) is 38.9 Å². The summed E-state index contributed by atoms with van der Waals surface area (Å²) < 4.78 is 6.01. The fraction of sp³-hybridized carbons (Fsp3) is 0.588.